The highest BCUT2D eigenvalue weighted by atomic mass is 35.5. The number of carbonyl (C=O) groups excluding carboxylic acids is 1. The van der Waals surface area contributed by atoms with Gasteiger partial charge in [0.25, 0.3) is 5.91 Å². The first kappa shape index (κ1) is 24.0. The highest BCUT2D eigenvalue weighted by molar-refractivity contribution is 7.98. The van der Waals surface area contributed by atoms with Crippen molar-refractivity contribution in [1.82, 2.24) is 9.88 Å². The molecule has 5 nitrogen and oxygen atoms in total. The Kier molecular flexibility index (Phi) is 7.88. The molecule has 33 heavy (non-hydrogen) atoms. The summed E-state index contributed by atoms with van der Waals surface area (Å²) in [5.74, 6) is -0.00577. The summed E-state index contributed by atoms with van der Waals surface area (Å²) in [5, 5.41) is 2.96. The van der Waals surface area contributed by atoms with Crippen LogP contribution in [0.3, 0.4) is 0 Å². The highest BCUT2D eigenvalue weighted by Crippen LogP contribution is 2.34. The van der Waals surface area contributed by atoms with E-state index in [-0.39, 0.29) is 18.3 Å². The number of rotatable bonds is 6. The number of halogens is 1. The van der Waals surface area contributed by atoms with Gasteiger partial charge < -0.3 is 4.74 Å². The van der Waals surface area contributed by atoms with Gasteiger partial charge in [-0.1, -0.05) is 47.7 Å². The Labute approximate surface area is 208 Å². The minimum atomic E-state index is -0.00577. The smallest absolute Gasteiger partial charge is 0.260 e. The molecule has 5 rings (SSSR count). The fourth-order valence-electron chi connectivity index (χ4n) is 4.02. The van der Waals surface area contributed by atoms with Gasteiger partial charge in [0.05, 0.1) is 23.4 Å². The Hall–Kier alpha value is -2.16. The van der Waals surface area contributed by atoms with Crippen LogP contribution in [0.15, 0.2) is 65.6 Å². The summed E-state index contributed by atoms with van der Waals surface area (Å²) in [4.78, 5) is 24.0. The fraction of sp³-hybridized carbons (Fsp3) is 0.280. The topological polar surface area (TPSA) is 45.7 Å². The van der Waals surface area contributed by atoms with E-state index in [0.717, 1.165) is 63.9 Å². The summed E-state index contributed by atoms with van der Waals surface area (Å²) in [6.07, 6.45) is 2.06. The van der Waals surface area contributed by atoms with Crippen molar-refractivity contribution >= 4 is 67.5 Å². The van der Waals surface area contributed by atoms with Gasteiger partial charge in [-0.15, -0.1) is 24.2 Å². The second-order valence-corrected chi connectivity index (χ2v) is 9.63. The number of nitrogens with zero attached hydrogens (tertiary/aromatic N) is 3. The number of para-hydroxylation sites is 1. The van der Waals surface area contributed by atoms with Crippen molar-refractivity contribution in [3.05, 3.63) is 66.2 Å². The van der Waals surface area contributed by atoms with Crippen molar-refractivity contribution in [2.24, 2.45) is 0 Å². The molecule has 0 saturated carbocycles. The molecule has 1 aliphatic rings. The Morgan fingerprint density at radius 2 is 1.88 bits per heavy atom. The zero-order valence-corrected chi connectivity index (χ0v) is 20.8. The first-order valence-electron chi connectivity index (χ1n) is 10.8. The van der Waals surface area contributed by atoms with Gasteiger partial charge in [0.15, 0.2) is 5.13 Å². The molecule has 0 spiro atoms. The van der Waals surface area contributed by atoms with Crippen molar-refractivity contribution < 1.29 is 9.53 Å². The fourth-order valence-corrected chi connectivity index (χ4v) is 5.67. The van der Waals surface area contributed by atoms with Crippen LogP contribution in [0, 0.1) is 0 Å². The van der Waals surface area contributed by atoms with Gasteiger partial charge in [-0.05, 0) is 41.3 Å². The summed E-state index contributed by atoms with van der Waals surface area (Å²) in [5.41, 5.74) is 1.66. The van der Waals surface area contributed by atoms with E-state index in [0.29, 0.717) is 12.1 Å². The quantitative estimate of drug-likeness (QED) is 0.324. The number of amides is 1. The first-order chi connectivity index (χ1) is 15.7. The summed E-state index contributed by atoms with van der Waals surface area (Å²) in [7, 11) is 0. The van der Waals surface area contributed by atoms with Gasteiger partial charge in [0.2, 0.25) is 0 Å². The molecular formula is C25H26ClN3O2S2. The van der Waals surface area contributed by atoms with Gasteiger partial charge in [-0.2, -0.15) is 0 Å². The third kappa shape index (κ3) is 5.18. The summed E-state index contributed by atoms with van der Waals surface area (Å²) < 4.78 is 6.59. The first-order valence-corrected chi connectivity index (χ1v) is 12.8. The Morgan fingerprint density at radius 3 is 2.67 bits per heavy atom. The van der Waals surface area contributed by atoms with Gasteiger partial charge in [-0.3, -0.25) is 14.6 Å². The monoisotopic (exact) mass is 499 g/mol. The van der Waals surface area contributed by atoms with Crippen molar-refractivity contribution in [3.63, 3.8) is 0 Å². The van der Waals surface area contributed by atoms with Gasteiger partial charge >= 0.3 is 0 Å². The van der Waals surface area contributed by atoms with Crippen LogP contribution in [0.2, 0.25) is 0 Å². The normalized spacial score (nSPS) is 14.3. The lowest BCUT2D eigenvalue weighted by molar-refractivity contribution is 0.0391. The standard InChI is InChI=1S/C25H25N3O2S2.ClH/c1-31-21-7-4-8-22-23(21)26-25(32-22)28(12-11-27-13-15-30-16-14-27)24(29)20-10-9-18-5-2-3-6-19(18)17-20;/h2-10,17H,11-16H2,1H3;1H. The average Bonchev–Trinajstić information content (AvgIpc) is 3.28. The van der Waals surface area contributed by atoms with Crippen LogP contribution >= 0.6 is 35.5 Å². The number of aromatic nitrogens is 1. The lowest BCUT2D eigenvalue weighted by Gasteiger charge is -2.29. The van der Waals surface area contributed by atoms with Crippen LogP contribution in [0.1, 0.15) is 10.4 Å². The van der Waals surface area contributed by atoms with Crippen molar-refractivity contribution in [2.45, 2.75) is 4.90 Å². The molecule has 172 valence electrons. The number of hydrogen-bond acceptors (Lipinski definition) is 6. The third-order valence-electron chi connectivity index (χ3n) is 5.81. The maximum absolute atomic E-state index is 13.7. The Balaban J connectivity index is 0.00000259. The van der Waals surface area contributed by atoms with Crippen LogP contribution in [0.4, 0.5) is 5.13 Å². The molecule has 0 N–H and O–H groups in total. The van der Waals surface area contributed by atoms with E-state index in [1.807, 2.05) is 41.3 Å². The van der Waals surface area contributed by atoms with E-state index in [2.05, 4.69) is 35.4 Å². The SMILES string of the molecule is CSc1cccc2sc(N(CCN3CCOCC3)C(=O)c3ccc4ccccc4c3)nc12.Cl. The van der Waals surface area contributed by atoms with E-state index in [9.17, 15) is 4.79 Å². The van der Waals surface area contributed by atoms with E-state index in [4.69, 9.17) is 9.72 Å². The molecule has 0 bridgehead atoms. The molecule has 0 aliphatic carbocycles. The average molecular weight is 500 g/mol. The second kappa shape index (κ2) is 10.8. The van der Waals surface area contributed by atoms with E-state index < -0.39 is 0 Å². The van der Waals surface area contributed by atoms with E-state index in [1.54, 1.807) is 23.1 Å². The Bertz CT molecular complexity index is 1260. The highest BCUT2D eigenvalue weighted by Gasteiger charge is 2.23. The van der Waals surface area contributed by atoms with Crippen molar-refractivity contribution in [3.8, 4) is 0 Å². The number of carbonyl (C=O) groups is 1. The minimum absolute atomic E-state index is 0. The molecule has 8 heteroatoms. The number of fused-ring (bicyclic) bond motifs is 2. The summed E-state index contributed by atoms with van der Waals surface area (Å²) >= 11 is 3.27. The molecule has 4 aromatic rings. The number of hydrogen-bond donors (Lipinski definition) is 0. The minimum Gasteiger partial charge on any atom is -0.379 e. The maximum Gasteiger partial charge on any atom is 0.260 e. The number of anilines is 1. The predicted octanol–water partition coefficient (Wildman–Crippen LogP) is 5.57. The predicted molar refractivity (Wildman–Crippen MR) is 142 cm³/mol. The number of benzene rings is 3. The number of morpholine rings is 1. The molecule has 1 saturated heterocycles. The molecule has 3 aromatic carbocycles. The zero-order valence-electron chi connectivity index (χ0n) is 18.4. The molecule has 1 fully saturated rings. The molecule has 1 amide bonds. The summed E-state index contributed by atoms with van der Waals surface area (Å²) in [6.45, 7) is 4.69. The van der Waals surface area contributed by atoms with Crippen LogP contribution in [0.5, 0.6) is 0 Å². The van der Waals surface area contributed by atoms with Gasteiger partial charge in [-0.25, -0.2) is 4.98 Å². The van der Waals surface area contributed by atoms with Crippen LogP contribution < -0.4 is 4.90 Å². The number of ether oxygens (including phenoxy) is 1. The molecule has 1 aromatic heterocycles. The second-order valence-electron chi connectivity index (χ2n) is 7.78. The van der Waals surface area contributed by atoms with Crippen molar-refractivity contribution in [2.75, 3.05) is 50.5 Å². The molecular weight excluding hydrogens is 474 g/mol. The number of thiazole rings is 1. The van der Waals surface area contributed by atoms with Crippen LogP contribution in [-0.4, -0.2) is 61.4 Å². The largest absolute Gasteiger partial charge is 0.379 e. The van der Waals surface area contributed by atoms with E-state index >= 15 is 0 Å². The molecule has 0 radical (unpaired) electrons. The van der Waals surface area contributed by atoms with Gasteiger partial charge in [0, 0.05) is 36.6 Å². The van der Waals surface area contributed by atoms with E-state index in [1.165, 1.54) is 0 Å². The van der Waals surface area contributed by atoms with Crippen LogP contribution in [-0.2, 0) is 4.74 Å². The molecule has 0 atom stereocenters. The molecule has 2 heterocycles. The lowest BCUT2D eigenvalue weighted by Crippen LogP contribution is -2.43. The maximum atomic E-state index is 13.7. The summed E-state index contributed by atoms with van der Waals surface area (Å²) in [6, 6.07) is 20.3. The third-order valence-corrected chi connectivity index (χ3v) is 7.62. The Morgan fingerprint density at radius 1 is 1.09 bits per heavy atom. The zero-order chi connectivity index (χ0) is 21.9. The number of thioether (sulfide) groups is 1. The van der Waals surface area contributed by atoms with Crippen molar-refractivity contribution in [1.29, 1.82) is 0 Å². The molecule has 1 aliphatic heterocycles. The van der Waals surface area contributed by atoms with Crippen LogP contribution in [0.25, 0.3) is 21.0 Å². The van der Waals surface area contributed by atoms with Gasteiger partial charge in [0.1, 0.15) is 0 Å². The molecule has 0 unspecified atom stereocenters. The lowest BCUT2D eigenvalue weighted by atomic mass is 10.1.